The van der Waals surface area contributed by atoms with Crippen LogP contribution in [0.25, 0.3) is 0 Å². The molecule has 0 aliphatic carbocycles. The van der Waals surface area contributed by atoms with Crippen molar-refractivity contribution in [2.45, 2.75) is 19.8 Å². The molecule has 1 heterocycles. The number of aromatic nitrogens is 3. The van der Waals surface area contributed by atoms with Crippen LogP contribution in [0.15, 0.2) is 0 Å². The number of anilines is 3. The van der Waals surface area contributed by atoms with Crippen molar-refractivity contribution in [3.63, 3.8) is 0 Å². The Morgan fingerprint density at radius 2 is 1.81 bits per heavy atom. The highest BCUT2D eigenvalue weighted by molar-refractivity contribution is 5.35. The van der Waals surface area contributed by atoms with Gasteiger partial charge < -0.3 is 16.3 Å². The van der Waals surface area contributed by atoms with Crippen LogP contribution in [0.4, 0.5) is 17.8 Å². The Balaban J connectivity index is 0.00000106. The number of nitrogen functional groups attached to an aromatic ring is 2. The topological polar surface area (TPSA) is 129 Å². The van der Waals surface area contributed by atoms with Crippen LogP contribution in [-0.4, -0.2) is 28.3 Å². The second kappa shape index (κ2) is 8.36. The van der Waals surface area contributed by atoms with Gasteiger partial charge in [-0.15, -0.1) is 0 Å². The van der Waals surface area contributed by atoms with Gasteiger partial charge in [0.2, 0.25) is 11.9 Å². The molecular formula is C8H16N6O2. The molecule has 0 amide bonds. The second-order valence-corrected chi connectivity index (χ2v) is 2.68. The summed E-state index contributed by atoms with van der Waals surface area (Å²) in [6.45, 7) is 4.66. The van der Waals surface area contributed by atoms with Gasteiger partial charge in [0, 0.05) is 0 Å². The maximum atomic E-state index is 8.00. The fourth-order valence-electron chi connectivity index (χ4n) is 0.787. The number of hydrogen-bond donors (Lipinski definition) is 3. The van der Waals surface area contributed by atoms with Gasteiger partial charge in [-0.3, -0.25) is 4.84 Å². The second-order valence-electron chi connectivity index (χ2n) is 2.68. The van der Waals surface area contributed by atoms with E-state index in [-0.39, 0.29) is 17.8 Å². The maximum Gasteiger partial charge on any atom is 0.253 e. The minimum atomic E-state index is 0.0686. The number of carbonyl (C=O) groups excluding carboxylic acids is 1. The van der Waals surface area contributed by atoms with Gasteiger partial charge >= 0.3 is 0 Å². The van der Waals surface area contributed by atoms with Crippen molar-refractivity contribution in [2.24, 2.45) is 0 Å². The third-order valence-electron chi connectivity index (χ3n) is 1.43. The van der Waals surface area contributed by atoms with E-state index in [1.807, 2.05) is 6.79 Å². The molecule has 5 N–H and O–H groups in total. The van der Waals surface area contributed by atoms with E-state index in [0.29, 0.717) is 6.61 Å². The van der Waals surface area contributed by atoms with Crippen LogP contribution in [-0.2, 0) is 9.63 Å². The average molecular weight is 228 g/mol. The molecule has 0 atom stereocenters. The van der Waals surface area contributed by atoms with E-state index in [4.69, 9.17) is 21.1 Å². The number of hydrogen-bond acceptors (Lipinski definition) is 8. The summed E-state index contributed by atoms with van der Waals surface area (Å²) in [5, 5.41) is 0. The zero-order valence-corrected chi connectivity index (χ0v) is 9.14. The van der Waals surface area contributed by atoms with Gasteiger partial charge in [-0.2, -0.15) is 15.0 Å². The van der Waals surface area contributed by atoms with Crippen molar-refractivity contribution in [2.75, 3.05) is 23.6 Å². The zero-order valence-electron chi connectivity index (χ0n) is 9.14. The van der Waals surface area contributed by atoms with Gasteiger partial charge in [-0.25, -0.2) is 5.48 Å². The minimum Gasteiger partial charge on any atom is -0.368 e. The van der Waals surface area contributed by atoms with Gasteiger partial charge in [-0.05, 0) is 6.42 Å². The number of nitrogens with two attached hydrogens (primary N) is 2. The van der Waals surface area contributed by atoms with Crippen molar-refractivity contribution < 1.29 is 9.63 Å². The van der Waals surface area contributed by atoms with E-state index in [2.05, 4.69) is 27.4 Å². The van der Waals surface area contributed by atoms with Gasteiger partial charge in [-0.1, -0.05) is 13.3 Å². The lowest BCUT2D eigenvalue weighted by Gasteiger charge is -2.04. The fourth-order valence-corrected chi connectivity index (χ4v) is 0.787. The molecule has 0 aromatic carbocycles. The predicted molar refractivity (Wildman–Crippen MR) is 60.3 cm³/mol. The monoisotopic (exact) mass is 228 g/mol. The summed E-state index contributed by atoms with van der Waals surface area (Å²) < 4.78 is 0. The van der Waals surface area contributed by atoms with Crippen LogP contribution >= 0.6 is 0 Å². The molecule has 0 bridgehead atoms. The molecule has 0 saturated carbocycles. The first-order valence-electron chi connectivity index (χ1n) is 4.66. The fraction of sp³-hybridized carbons (Fsp3) is 0.500. The Hall–Kier alpha value is -1.96. The molecular weight excluding hydrogens is 212 g/mol. The molecule has 8 nitrogen and oxygen atoms in total. The number of carbonyl (C=O) groups is 1. The number of unbranched alkanes of at least 4 members (excludes halogenated alkanes) is 1. The SMILES string of the molecule is C=O.CCCCONc1nc(N)nc(N)n1. The minimum absolute atomic E-state index is 0.0686. The molecule has 0 radical (unpaired) electrons. The van der Waals surface area contributed by atoms with E-state index >= 15 is 0 Å². The molecule has 1 aromatic rings. The number of rotatable bonds is 5. The number of nitrogens with zero attached hydrogens (tertiary/aromatic N) is 3. The predicted octanol–water partition coefficient (Wildman–Crippen LogP) is -0.00530. The average Bonchev–Trinajstić information content (AvgIpc) is 2.26. The lowest BCUT2D eigenvalue weighted by Crippen LogP contribution is -2.10. The molecule has 0 saturated heterocycles. The number of nitrogens with one attached hydrogen (secondary N) is 1. The first-order chi connectivity index (χ1) is 7.72. The Bertz CT molecular complexity index is 288. The standard InChI is InChI=1S/C7H14N6O.CH2O/c1-2-3-4-14-13-7-11-5(8)10-6(9)12-7;1-2/h2-4H2,1H3,(H5,8,9,10,11,12,13);1H2. The summed E-state index contributed by atoms with van der Waals surface area (Å²) >= 11 is 0. The Morgan fingerprint density at radius 3 is 2.31 bits per heavy atom. The van der Waals surface area contributed by atoms with Gasteiger partial charge in [0.25, 0.3) is 5.95 Å². The summed E-state index contributed by atoms with van der Waals surface area (Å²) in [5.74, 6) is 0.365. The Kier molecular flexibility index (Phi) is 7.33. The first-order valence-corrected chi connectivity index (χ1v) is 4.66. The zero-order chi connectivity index (χ0) is 12.4. The summed E-state index contributed by atoms with van der Waals surface area (Å²) in [6.07, 6.45) is 2.02. The summed E-state index contributed by atoms with van der Waals surface area (Å²) in [4.78, 5) is 24.2. The van der Waals surface area contributed by atoms with E-state index in [1.165, 1.54) is 0 Å². The summed E-state index contributed by atoms with van der Waals surface area (Å²) in [5.41, 5.74) is 13.2. The van der Waals surface area contributed by atoms with Crippen molar-refractivity contribution >= 4 is 24.6 Å². The van der Waals surface area contributed by atoms with E-state index < -0.39 is 0 Å². The smallest absolute Gasteiger partial charge is 0.253 e. The highest BCUT2D eigenvalue weighted by atomic mass is 16.6. The van der Waals surface area contributed by atoms with Crippen LogP contribution in [0.1, 0.15) is 19.8 Å². The summed E-state index contributed by atoms with van der Waals surface area (Å²) in [7, 11) is 0. The Labute approximate surface area is 93.4 Å². The van der Waals surface area contributed by atoms with Crippen LogP contribution in [0.2, 0.25) is 0 Å². The highest BCUT2D eigenvalue weighted by Crippen LogP contribution is 2.03. The van der Waals surface area contributed by atoms with E-state index in [0.717, 1.165) is 12.8 Å². The largest absolute Gasteiger partial charge is 0.368 e. The van der Waals surface area contributed by atoms with E-state index in [1.54, 1.807) is 0 Å². The third kappa shape index (κ3) is 5.70. The van der Waals surface area contributed by atoms with Crippen molar-refractivity contribution in [3.8, 4) is 0 Å². The first kappa shape index (κ1) is 14.0. The molecule has 0 fully saturated rings. The molecule has 0 aliphatic rings. The Morgan fingerprint density at radius 1 is 1.25 bits per heavy atom. The molecule has 90 valence electrons. The van der Waals surface area contributed by atoms with Gasteiger partial charge in [0.05, 0.1) is 6.61 Å². The molecule has 0 unspecified atom stereocenters. The normalized spacial score (nSPS) is 9.06. The van der Waals surface area contributed by atoms with Crippen LogP contribution < -0.4 is 16.9 Å². The maximum absolute atomic E-state index is 8.00. The molecule has 8 heteroatoms. The van der Waals surface area contributed by atoms with Crippen molar-refractivity contribution in [1.29, 1.82) is 0 Å². The van der Waals surface area contributed by atoms with Crippen molar-refractivity contribution in [3.05, 3.63) is 0 Å². The van der Waals surface area contributed by atoms with Crippen LogP contribution in [0.3, 0.4) is 0 Å². The van der Waals surface area contributed by atoms with Gasteiger partial charge in [0.1, 0.15) is 6.79 Å². The lowest BCUT2D eigenvalue weighted by atomic mass is 10.4. The molecule has 0 aliphatic heterocycles. The molecule has 1 aromatic heterocycles. The van der Waals surface area contributed by atoms with Gasteiger partial charge in [0.15, 0.2) is 0 Å². The third-order valence-corrected chi connectivity index (χ3v) is 1.43. The summed E-state index contributed by atoms with van der Waals surface area (Å²) in [6, 6.07) is 0. The molecule has 16 heavy (non-hydrogen) atoms. The quantitative estimate of drug-likeness (QED) is 0.474. The molecule has 0 spiro atoms. The van der Waals surface area contributed by atoms with Crippen LogP contribution in [0, 0.1) is 0 Å². The van der Waals surface area contributed by atoms with Crippen molar-refractivity contribution in [1.82, 2.24) is 15.0 Å². The highest BCUT2D eigenvalue weighted by Gasteiger charge is 2.00. The van der Waals surface area contributed by atoms with Crippen LogP contribution in [0.5, 0.6) is 0 Å². The molecule has 1 rings (SSSR count). The van der Waals surface area contributed by atoms with E-state index in [9.17, 15) is 0 Å². The lowest BCUT2D eigenvalue weighted by molar-refractivity contribution is -0.0979.